The molecular weight excluding hydrogens is 236 g/mol. The van der Waals surface area contributed by atoms with Crippen molar-refractivity contribution >= 4 is 5.97 Å². The topological polar surface area (TPSA) is 26.3 Å². The molecule has 2 nitrogen and oxygen atoms in total. The second-order valence-corrected chi connectivity index (χ2v) is 5.02. The Morgan fingerprint density at radius 2 is 1.89 bits per heavy atom. The van der Waals surface area contributed by atoms with Crippen LogP contribution in [0.25, 0.3) is 0 Å². The number of esters is 1. The molecule has 2 heteroatoms. The Balaban J connectivity index is 2.72. The Bertz CT molecular complexity index is 409. The first-order valence-electron chi connectivity index (χ1n) is 6.87. The summed E-state index contributed by atoms with van der Waals surface area (Å²) in [6.45, 7) is 8.07. The van der Waals surface area contributed by atoms with E-state index >= 15 is 0 Å². The summed E-state index contributed by atoms with van der Waals surface area (Å²) in [6.07, 6.45) is 2.69. The molecule has 1 aromatic carbocycles. The lowest BCUT2D eigenvalue weighted by molar-refractivity contribution is -0.147. The lowest BCUT2D eigenvalue weighted by atomic mass is 9.81. The van der Waals surface area contributed by atoms with Gasteiger partial charge in [-0.2, -0.15) is 0 Å². The molecule has 0 unspecified atom stereocenters. The number of carbonyl (C=O) groups is 1. The van der Waals surface area contributed by atoms with Gasteiger partial charge in [-0.1, -0.05) is 49.4 Å². The van der Waals surface area contributed by atoms with Crippen molar-refractivity contribution in [2.45, 2.75) is 33.1 Å². The number of hydrogen-bond donors (Lipinski definition) is 0. The Labute approximate surface area is 116 Å². The molecule has 1 aromatic rings. The lowest BCUT2D eigenvalue weighted by Gasteiger charge is -2.24. The third-order valence-electron chi connectivity index (χ3n) is 3.65. The number of rotatable bonds is 7. The summed E-state index contributed by atoms with van der Waals surface area (Å²) in [6, 6.07) is 10.3. The summed E-state index contributed by atoms with van der Waals surface area (Å²) in [7, 11) is 1.46. The molecule has 0 radical (unpaired) electrons. The monoisotopic (exact) mass is 260 g/mol. The van der Waals surface area contributed by atoms with Crippen molar-refractivity contribution < 1.29 is 9.53 Å². The number of allylic oxidation sites excluding steroid dienone is 1. The van der Waals surface area contributed by atoms with Gasteiger partial charge in [-0.05, 0) is 37.7 Å². The van der Waals surface area contributed by atoms with Gasteiger partial charge in [0.1, 0.15) is 0 Å². The Morgan fingerprint density at radius 3 is 2.37 bits per heavy atom. The average Bonchev–Trinajstić information content (AvgIpc) is 2.43. The number of ether oxygens (including phenoxy) is 1. The van der Waals surface area contributed by atoms with Crippen LogP contribution in [0.3, 0.4) is 0 Å². The largest absolute Gasteiger partial charge is 0.469 e. The highest BCUT2D eigenvalue weighted by atomic mass is 16.5. The highest BCUT2D eigenvalue weighted by Gasteiger charge is 2.27. The zero-order chi connectivity index (χ0) is 14.3. The van der Waals surface area contributed by atoms with Gasteiger partial charge >= 0.3 is 5.97 Å². The smallest absolute Gasteiger partial charge is 0.309 e. The van der Waals surface area contributed by atoms with Crippen molar-refractivity contribution in [2.75, 3.05) is 7.11 Å². The molecule has 19 heavy (non-hydrogen) atoms. The SMILES string of the molecule is C=C(C)[C@H](CCc1ccccc1)[C@H](CC)C(=O)OC. The van der Waals surface area contributed by atoms with Crippen LogP contribution >= 0.6 is 0 Å². The molecule has 104 valence electrons. The lowest BCUT2D eigenvalue weighted by Crippen LogP contribution is -2.25. The van der Waals surface area contributed by atoms with Gasteiger partial charge in [-0.15, -0.1) is 0 Å². The van der Waals surface area contributed by atoms with E-state index in [1.165, 1.54) is 12.7 Å². The Hall–Kier alpha value is -1.57. The van der Waals surface area contributed by atoms with E-state index in [0.29, 0.717) is 0 Å². The van der Waals surface area contributed by atoms with E-state index in [4.69, 9.17) is 4.74 Å². The van der Waals surface area contributed by atoms with Crippen molar-refractivity contribution in [3.8, 4) is 0 Å². The molecule has 0 heterocycles. The first kappa shape index (κ1) is 15.5. The maximum atomic E-state index is 11.8. The standard InChI is InChI=1S/C17H24O2/c1-5-15(17(18)19-4)16(13(2)3)12-11-14-9-7-6-8-10-14/h6-10,15-16H,2,5,11-12H2,1,3-4H3/t15-,16-/m0/s1. The molecule has 0 bridgehead atoms. The van der Waals surface area contributed by atoms with Gasteiger partial charge in [0.05, 0.1) is 13.0 Å². The zero-order valence-electron chi connectivity index (χ0n) is 12.2. The summed E-state index contributed by atoms with van der Waals surface area (Å²) in [5.41, 5.74) is 2.36. The van der Waals surface area contributed by atoms with Gasteiger partial charge in [-0.3, -0.25) is 4.79 Å². The van der Waals surface area contributed by atoms with Gasteiger partial charge < -0.3 is 4.74 Å². The molecule has 0 aliphatic heterocycles. The quantitative estimate of drug-likeness (QED) is 0.547. The van der Waals surface area contributed by atoms with E-state index in [1.54, 1.807) is 0 Å². The van der Waals surface area contributed by atoms with Gasteiger partial charge in [0.2, 0.25) is 0 Å². The molecule has 0 fully saturated rings. The zero-order valence-corrected chi connectivity index (χ0v) is 12.2. The summed E-state index contributed by atoms with van der Waals surface area (Å²) < 4.78 is 4.91. The third kappa shape index (κ3) is 4.55. The van der Waals surface area contributed by atoms with Gasteiger partial charge in [0, 0.05) is 0 Å². The summed E-state index contributed by atoms with van der Waals surface area (Å²) in [5, 5.41) is 0. The van der Waals surface area contributed by atoms with Crippen LogP contribution in [0.5, 0.6) is 0 Å². The predicted molar refractivity (Wildman–Crippen MR) is 78.9 cm³/mol. The van der Waals surface area contributed by atoms with Gasteiger partial charge in [-0.25, -0.2) is 0 Å². The van der Waals surface area contributed by atoms with Gasteiger partial charge in [0.25, 0.3) is 0 Å². The minimum atomic E-state index is -0.122. The summed E-state index contributed by atoms with van der Waals surface area (Å²) in [4.78, 5) is 11.8. The second kappa shape index (κ2) is 7.78. The van der Waals surface area contributed by atoms with Crippen LogP contribution in [0.4, 0.5) is 0 Å². The number of methoxy groups -OCH3 is 1. The fourth-order valence-electron chi connectivity index (χ4n) is 2.52. The van der Waals surface area contributed by atoms with Crippen molar-refractivity contribution in [1.29, 1.82) is 0 Å². The van der Waals surface area contributed by atoms with Crippen LogP contribution in [-0.4, -0.2) is 13.1 Å². The maximum Gasteiger partial charge on any atom is 0.309 e. The van der Waals surface area contributed by atoms with Crippen LogP contribution in [-0.2, 0) is 16.0 Å². The molecule has 0 aliphatic rings. The molecule has 0 amide bonds. The van der Waals surface area contributed by atoms with Crippen LogP contribution in [0, 0.1) is 11.8 Å². The van der Waals surface area contributed by atoms with E-state index in [1.807, 2.05) is 32.0 Å². The molecule has 2 atom stereocenters. The molecule has 0 aliphatic carbocycles. The predicted octanol–water partition coefficient (Wildman–Crippen LogP) is 4.01. The highest BCUT2D eigenvalue weighted by Crippen LogP contribution is 2.28. The molecule has 0 aromatic heterocycles. The van der Waals surface area contributed by atoms with Crippen LogP contribution < -0.4 is 0 Å². The minimum absolute atomic E-state index is 0.0776. The van der Waals surface area contributed by atoms with Crippen LogP contribution in [0.2, 0.25) is 0 Å². The fraction of sp³-hybridized carbons (Fsp3) is 0.471. The highest BCUT2D eigenvalue weighted by molar-refractivity contribution is 5.73. The summed E-state index contributed by atoms with van der Waals surface area (Å²) >= 11 is 0. The Kier molecular flexibility index (Phi) is 6.34. The van der Waals surface area contributed by atoms with Crippen molar-refractivity contribution in [1.82, 2.24) is 0 Å². The van der Waals surface area contributed by atoms with E-state index in [2.05, 4.69) is 18.7 Å². The fourth-order valence-corrected chi connectivity index (χ4v) is 2.52. The first-order chi connectivity index (χ1) is 9.10. The van der Waals surface area contributed by atoms with Crippen LogP contribution in [0.1, 0.15) is 32.3 Å². The molecule has 0 spiro atoms. The number of carbonyl (C=O) groups excluding carboxylic acids is 1. The van der Waals surface area contributed by atoms with E-state index in [0.717, 1.165) is 24.8 Å². The molecule has 0 saturated carbocycles. The van der Waals surface area contributed by atoms with E-state index in [9.17, 15) is 4.79 Å². The number of hydrogen-bond acceptors (Lipinski definition) is 2. The number of aryl methyl sites for hydroxylation is 1. The van der Waals surface area contributed by atoms with Crippen molar-refractivity contribution in [2.24, 2.45) is 11.8 Å². The molecular formula is C17H24O2. The molecule has 0 N–H and O–H groups in total. The van der Waals surface area contributed by atoms with E-state index < -0.39 is 0 Å². The average molecular weight is 260 g/mol. The summed E-state index contributed by atoms with van der Waals surface area (Å²) in [5.74, 6) is -0.00701. The third-order valence-corrected chi connectivity index (χ3v) is 3.65. The second-order valence-electron chi connectivity index (χ2n) is 5.02. The Morgan fingerprint density at radius 1 is 1.26 bits per heavy atom. The van der Waals surface area contributed by atoms with Crippen LogP contribution in [0.15, 0.2) is 42.5 Å². The molecule has 0 saturated heterocycles. The number of benzene rings is 1. The van der Waals surface area contributed by atoms with Crippen molar-refractivity contribution in [3.63, 3.8) is 0 Å². The normalized spacial score (nSPS) is 13.6. The van der Waals surface area contributed by atoms with E-state index in [-0.39, 0.29) is 17.8 Å². The molecule has 1 rings (SSSR count). The minimum Gasteiger partial charge on any atom is -0.469 e. The van der Waals surface area contributed by atoms with Gasteiger partial charge in [0.15, 0.2) is 0 Å². The maximum absolute atomic E-state index is 11.8. The first-order valence-corrected chi connectivity index (χ1v) is 6.87. The van der Waals surface area contributed by atoms with Crippen molar-refractivity contribution in [3.05, 3.63) is 48.0 Å².